The van der Waals surface area contributed by atoms with Crippen LogP contribution in [-0.2, 0) is 13.1 Å². The highest BCUT2D eigenvalue weighted by molar-refractivity contribution is 9.10. The lowest BCUT2D eigenvalue weighted by Crippen LogP contribution is -2.33. The van der Waals surface area contributed by atoms with E-state index in [0.29, 0.717) is 17.0 Å². The van der Waals surface area contributed by atoms with E-state index < -0.39 is 0 Å². The summed E-state index contributed by atoms with van der Waals surface area (Å²) in [6, 6.07) is 21.4. The third-order valence-corrected chi connectivity index (χ3v) is 6.04. The maximum absolute atomic E-state index is 12.6. The van der Waals surface area contributed by atoms with Gasteiger partial charge >= 0.3 is 0 Å². The Hall–Kier alpha value is -3.32. The van der Waals surface area contributed by atoms with E-state index in [-0.39, 0.29) is 5.91 Å². The summed E-state index contributed by atoms with van der Waals surface area (Å²) in [6.07, 6.45) is 0. The summed E-state index contributed by atoms with van der Waals surface area (Å²) in [5.41, 5.74) is 4.47. The second kappa shape index (κ2) is 8.07. The van der Waals surface area contributed by atoms with Crippen molar-refractivity contribution in [2.45, 2.75) is 13.1 Å². The standard InChI is InChI=1S/C24H21BrN4O2/c1-31-22-14-18(9-10-20(22)27-24(30)16-5-4-6-17(25)13-16)28-11-12-29-21-8-3-2-7-19(21)26-23(29)15-28/h2-10,13-14H,11-12,15H2,1H3,(H,27,30). The number of carbonyl (C=O) groups is 1. The van der Waals surface area contributed by atoms with Crippen LogP contribution in [0.4, 0.5) is 11.4 Å². The number of aromatic nitrogens is 2. The first kappa shape index (κ1) is 19.6. The van der Waals surface area contributed by atoms with E-state index in [9.17, 15) is 4.79 Å². The van der Waals surface area contributed by atoms with Gasteiger partial charge in [0.05, 0.1) is 30.4 Å². The van der Waals surface area contributed by atoms with Crippen molar-refractivity contribution in [3.63, 3.8) is 0 Å². The number of fused-ring (bicyclic) bond motifs is 3. The number of ether oxygens (including phenoxy) is 1. The molecular weight excluding hydrogens is 456 g/mol. The molecule has 1 aromatic heterocycles. The molecule has 0 aliphatic carbocycles. The number of carbonyl (C=O) groups excluding carboxylic acids is 1. The average Bonchev–Trinajstić information content (AvgIpc) is 3.17. The number of hydrogen-bond acceptors (Lipinski definition) is 4. The fourth-order valence-electron chi connectivity index (χ4n) is 3.99. The fourth-order valence-corrected chi connectivity index (χ4v) is 4.39. The summed E-state index contributed by atoms with van der Waals surface area (Å²) < 4.78 is 8.73. The number of nitrogens with one attached hydrogen (secondary N) is 1. The molecule has 0 saturated carbocycles. The normalized spacial score (nSPS) is 13.2. The fraction of sp³-hybridized carbons (Fsp3) is 0.167. The van der Waals surface area contributed by atoms with Gasteiger partial charge in [-0.3, -0.25) is 4.79 Å². The number of amides is 1. The molecule has 2 heterocycles. The number of benzene rings is 3. The largest absolute Gasteiger partial charge is 0.494 e. The van der Waals surface area contributed by atoms with E-state index in [2.05, 4.69) is 48.9 Å². The molecule has 7 heteroatoms. The number of halogens is 1. The van der Waals surface area contributed by atoms with Crippen LogP contribution in [0.5, 0.6) is 5.75 Å². The molecule has 1 aliphatic heterocycles. The lowest BCUT2D eigenvalue weighted by molar-refractivity contribution is 0.102. The van der Waals surface area contributed by atoms with Gasteiger partial charge in [-0.15, -0.1) is 0 Å². The van der Waals surface area contributed by atoms with E-state index in [1.165, 1.54) is 5.52 Å². The number of imidazole rings is 1. The minimum absolute atomic E-state index is 0.181. The molecule has 0 bridgehead atoms. The molecule has 0 radical (unpaired) electrons. The summed E-state index contributed by atoms with van der Waals surface area (Å²) in [7, 11) is 1.61. The predicted octanol–water partition coefficient (Wildman–Crippen LogP) is 5.08. The van der Waals surface area contributed by atoms with Gasteiger partial charge in [0.2, 0.25) is 0 Å². The van der Waals surface area contributed by atoms with Crippen LogP contribution in [0.1, 0.15) is 16.2 Å². The lowest BCUT2D eigenvalue weighted by Gasteiger charge is -2.30. The maximum Gasteiger partial charge on any atom is 0.255 e. The van der Waals surface area contributed by atoms with Gasteiger partial charge in [0.25, 0.3) is 5.91 Å². The Bertz CT molecular complexity index is 1280. The van der Waals surface area contributed by atoms with E-state index in [1.807, 2.05) is 36.4 Å². The van der Waals surface area contributed by atoms with Crippen molar-refractivity contribution in [2.24, 2.45) is 0 Å². The molecule has 1 amide bonds. The summed E-state index contributed by atoms with van der Waals surface area (Å²) in [5.74, 6) is 1.50. The van der Waals surface area contributed by atoms with Gasteiger partial charge in [-0.1, -0.05) is 34.1 Å². The Labute approximate surface area is 188 Å². The van der Waals surface area contributed by atoms with Crippen LogP contribution in [0.2, 0.25) is 0 Å². The van der Waals surface area contributed by atoms with E-state index in [0.717, 1.165) is 41.1 Å². The van der Waals surface area contributed by atoms with Crippen LogP contribution in [-0.4, -0.2) is 29.1 Å². The Morgan fingerprint density at radius 3 is 2.77 bits per heavy atom. The molecule has 1 aliphatic rings. The Balaban J connectivity index is 1.38. The van der Waals surface area contributed by atoms with Crippen molar-refractivity contribution in [1.29, 1.82) is 0 Å². The number of para-hydroxylation sites is 2. The van der Waals surface area contributed by atoms with Gasteiger partial charge in [0, 0.05) is 34.9 Å². The molecule has 0 saturated heterocycles. The molecule has 1 N–H and O–H groups in total. The first-order valence-electron chi connectivity index (χ1n) is 10.1. The van der Waals surface area contributed by atoms with Crippen molar-refractivity contribution < 1.29 is 9.53 Å². The van der Waals surface area contributed by atoms with Crippen LogP contribution in [0.3, 0.4) is 0 Å². The first-order valence-corrected chi connectivity index (χ1v) is 10.9. The smallest absolute Gasteiger partial charge is 0.255 e. The Morgan fingerprint density at radius 1 is 1.06 bits per heavy atom. The Kier molecular flexibility index (Phi) is 5.11. The van der Waals surface area contributed by atoms with Crippen LogP contribution in [0, 0.1) is 0 Å². The van der Waals surface area contributed by atoms with Crippen molar-refractivity contribution in [3.8, 4) is 5.75 Å². The molecule has 0 spiro atoms. The van der Waals surface area contributed by atoms with Crippen molar-refractivity contribution in [1.82, 2.24) is 9.55 Å². The van der Waals surface area contributed by atoms with Crippen molar-refractivity contribution in [3.05, 3.63) is 82.6 Å². The molecule has 4 aromatic rings. The molecule has 6 nitrogen and oxygen atoms in total. The van der Waals surface area contributed by atoms with Gasteiger partial charge in [0.15, 0.2) is 0 Å². The second-order valence-corrected chi connectivity index (χ2v) is 8.35. The summed E-state index contributed by atoms with van der Waals surface area (Å²) in [5, 5.41) is 2.95. The second-order valence-electron chi connectivity index (χ2n) is 7.44. The minimum Gasteiger partial charge on any atom is -0.494 e. The molecule has 31 heavy (non-hydrogen) atoms. The maximum atomic E-state index is 12.6. The quantitative estimate of drug-likeness (QED) is 0.446. The minimum atomic E-state index is -0.181. The van der Waals surface area contributed by atoms with Gasteiger partial charge in [-0.2, -0.15) is 0 Å². The first-order chi connectivity index (χ1) is 15.1. The topological polar surface area (TPSA) is 59.4 Å². The van der Waals surface area contributed by atoms with Gasteiger partial charge in [-0.05, 0) is 42.5 Å². The molecule has 0 fully saturated rings. The van der Waals surface area contributed by atoms with Crippen LogP contribution < -0.4 is 15.0 Å². The van der Waals surface area contributed by atoms with Crippen molar-refractivity contribution in [2.75, 3.05) is 23.9 Å². The summed E-state index contributed by atoms with van der Waals surface area (Å²) >= 11 is 3.40. The van der Waals surface area contributed by atoms with Gasteiger partial charge < -0.3 is 19.5 Å². The monoisotopic (exact) mass is 476 g/mol. The number of methoxy groups -OCH3 is 1. The number of hydrogen-bond donors (Lipinski definition) is 1. The zero-order valence-electron chi connectivity index (χ0n) is 17.0. The molecule has 0 unspecified atom stereocenters. The number of nitrogens with zero attached hydrogens (tertiary/aromatic N) is 3. The molecule has 5 rings (SSSR count). The third kappa shape index (κ3) is 3.77. The van der Waals surface area contributed by atoms with E-state index in [1.54, 1.807) is 19.2 Å². The zero-order chi connectivity index (χ0) is 21.4. The number of rotatable bonds is 4. The number of anilines is 2. The molecule has 3 aromatic carbocycles. The molecule has 156 valence electrons. The lowest BCUT2D eigenvalue weighted by atomic mass is 10.2. The molecular formula is C24H21BrN4O2. The van der Waals surface area contributed by atoms with Gasteiger partial charge in [-0.25, -0.2) is 4.98 Å². The predicted molar refractivity (Wildman–Crippen MR) is 126 cm³/mol. The third-order valence-electron chi connectivity index (χ3n) is 5.54. The highest BCUT2D eigenvalue weighted by Gasteiger charge is 2.21. The average molecular weight is 477 g/mol. The van der Waals surface area contributed by atoms with Crippen molar-refractivity contribution >= 4 is 44.2 Å². The summed E-state index contributed by atoms with van der Waals surface area (Å²) in [4.78, 5) is 19.7. The zero-order valence-corrected chi connectivity index (χ0v) is 18.6. The molecule has 0 atom stereocenters. The van der Waals surface area contributed by atoms with E-state index in [4.69, 9.17) is 9.72 Å². The Morgan fingerprint density at radius 2 is 1.94 bits per heavy atom. The van der Waals surface area contributed by atoms with Crippen LogP contribution >= 0.6 is 15.9 Å². The summed E-state index contributed by atoms with van der Waals surface area (Å²) in [6.45, 7) is 2.47. The van der Waals surface area contributed by atoms with Crippen LogP contribution in [0.15, 0.2) is 71.2 Å². The SMILES string of the molecule is COc1cc(N2CCn3c(nc4ccccc43)C2)ccc1NC(=O)c1cccc(Br)c1. The highest BCUT2D eigenvalue weighted by Crippen LogP contribution is 2.32. The highest BCUT2D eigenvalue weighted by atomic mass is 79.9. The van der Waals surface area contributed by atoms with Gasteiger partial charge in [0.1, 0.15) is 11.6 Å². The van der Waals surface area contributed by atoms with Crippen LogP contribution in [0.25, 0.3) is 11.0 Å². The van der Waals surface area contributed by atoms with E-state index >= 15 is 0 Å².